The monoisotopic (exact) mass is 342 g/mol. The van der Waals surface area contributed by atoms with E-state index in [1.54, 1.807) is 0 Å². The van der Waals surface area contributed by atoms with E-state index in [9.17, 15) is 14.7 Å². The van der Waals surface area contributed by atoms with Crippen LogP contribution in [0.4, 0.5) is 0 Å². The number of aromatic nitrogens is 1. The second-order valence-electron chi connectivity index (χ2n) is 7.06. The Morgan fingerprint density at radius 3 is 2.64 bits per heavy atom. The molecule has 1 aliphatic rings. The Balaban J connectivity index is 1.73. The minimum absolute atomic E-state index is 0.0929. The molecule has 1 aromatic carbocycles. The van der Waals surface area contributed by atoms with E-state index in [1.807, 2.05) is 31.2 Å². The van der Waals surface area contributed by atoms with Crippen LogP contribution >= 0.6 is 0 Å². The highest BCUT2D eigenvalue weighted by atomic mass is 16.4. The molecule has 5 heteroatoms. The van der Waals surface area contributed by atoms with Crippen LogP contribution in [-0.4, -0.2) is 28.0 Å². The lowest BCUT2D eigenvalue weighted by Gasteiger charge is -2.27. The summed E-state index contributed by atoms with van der Waals surface area (Å²) in [6.45, 7) is 1.97. The van der Waals surface area contributed by atoms with Gasteiger partial charge in [-0.2, -0.15) is 0 Å². The molecule has 3 N–H and O–H groups in total. The zero-order chi connectivity index (χ0) is 17.8. The summed E-state index contributed by atoms with van der Waals surface area (Å²) < 4.78 is 0. The summed E-state index contributed by atoms with van der Waals surface area (Å²) in [5.41, 5.74) is 3.01. The number of rotatable bonds is 4. The summed E-state index contributed by atoms with van der Waals surface area (Å²) in [6, 6.07) is 7.67. The van der Waals surface area contributed by atoms with Crippen LogP contribution in [0.1, 0.15) is 49.8 Å². The third-order valence-corrected chi connectivity index (χ3v) is 5.29. The molecule has 1 saturated carbocycles. The molecule has 134 valence electrons. The minimum atomic E-state index is -0.796. The van der Waals surface area contributed by atoms with Crippen molar-refractivity contribution in [3.05, 3.63) is 35.5 Å². The predicted molar refractivity (Wildman–Crippen MR) is 97.5 cm³/mol. The molecule has 0 saturated heterocycles. The SMILES string of the molecule is Cc1[nH]c2ccccc2c1CC(=O)NC1CCCCCCC1C(=O)O. The number of carboxylic acid groups (broad SMARTS) is 1. The van der Waals surface area contributed by atoms with E-state index < -0.39 is 11.9 Å². The number of H-pyrrole nitrogens is 1. The smallest absolute Gasteiger partial charge is 0.308 e. The van der Waals surface area contributed by atoms with Crippen molar-refractivity contribution in [2.24, 2.45) is 5.92 Å². The molecule has 0 bridgehead atoms. The fourth-order valence-electron chi connectivity index (χ4n) is 3.93. The number of nitrogens with one attached hydrogen (secondary N) is 2. The molecular formula is C20H26N2O3. The predicted octanol–water partition coefficient (Wildman–Crippen LogP) is 3.56. The van der Waals surface area contributed by atoms with Crippen molar-refractivity contribution in [3.63, 3.8) is 0 Å². The van der Waals surface area contributed by atoms with Gasteiger partial charge in [0.05, 0.1) is 12.3 Å². The van der Waals surface area contributed by atoms with E-state index in [4.69, 9.17) is 0 Å². The van der Waals surface area contributed by atoms with E-state index in [1.165, 1.54) is 0 Å². The third kappa shape index (κ3) is 4.03. The van der Waals surface area contributed by atoms with Crippen molar-refractivity contribution < 1.29 is 14.7 Å². The summed E-state index contributed by atoms with van der Waals surface area (Å²) in [5, 5.41) is 13.6. The summed E-state index contributed by atoms with van der Waals surface area (Å²) in [5.74, 6) is -1.37. The first-order valence-corrected chi connectivity index (χ1v) is 9.14. The topological polar surface area (TPSA) is 82.2 Å². The van der Waals surface area contributed by atoms with Crippen LogP contribution in [0.2, 0.25) is 0 Å². The van der Waals surface area contributed by atoms with Crippen LogP contribution in [0.15, 0.2) is 24.3 Å². The molecular weight excluding hydrogens is 316 g/mol. The highest BCUT2D eigenvalue weighted by molar-refractivity contribution is 5.90. The lowest BCUT2D eigenvalue weighted by atomic mass is 9.86. The zero-order valence-electron chi connectivity index (χ0n) is 14.7. The van der Waals surface area contributed by atoms with Gasteiger partial charge in [0.2, 0.25) is 5.91 Å². The molecule has 2 aromatic rings. The van der Waals surface area contributed by atoms with Crippen LogP contribution in [-0.2, 0) is 16.0 Å². The van der Waals surface area contributed by atoms with Gasteiger partial charge in [0.1, 0.15) is 0 Å². The maximum atomic E-state index is 12.6. The molecule has 1 heterocycles. The average molecular weight is 342 g/mol. The summed E-state index contributed by atoms with van der Waals surface area (Å²) >= 11 is 0. The van der Waals surface area contributed by atoms with Crippen LogP contribution in [0.3, 0.4) is 0 Å². The molecule has 1 amide bonds. The molecule has 0 aliphatic heterocycles. The van der Waals surface area contributed by atoms with E-state index >= 15 is 0 Å². The van der Waals surface area contributed by atoms with Crippen molar-refractivity contribution in [2.45, 2.75) is 57.9 Å². The Hall–Kier alpha value is -2.30. The van der Waals surface area contributed by atoms with Gasteiger partial charge in [-0.25, -0.2) is 0 Å². The molecule has 3 rings (SSSR count). The van der Waals surface area contributed by atoms with Crippen LogP contribution in [0.25, 0.3) is 10.9 Å². The Kier molecular flexibility index (Phi) is 5.41. The van der Waals surface area contributed by atoms with E-state index in [2.05, 4.69) is 10.3 Å². The first-order chi connectivity index (χ1) is 12.1. The van der Waals surface area contributed by atoms with Gasteiger partial charge in [-0.3, -0.25) is 9.59 Å². The maximum absolute atomic E-state index is 12.6. The maximum Gasteiger partial charge on any atom is 0.308 e. The van der Waals surface area contributed by atoms with Gasteiger partial charge in [-0.1, -0.05) is 43.9 Å². The van der Waals surface area contributed by atoms with Crippen molar-refractivity contribution in [1.82, 2.24) is 10.3 Å². The van der Waals surface area contributed by atoms with Gasteiger partial charge in [0, 0.05) is 22.6 Å². The lowest BCUT2D eigenvalue weighted by Crippen LogP contribution is -2.44. The Labute approximate surface area is 147 Å². The number of aliphatic carboxylic acids is 1. The first-order valence-electron chi connectivity index (χ1n) is 9.14. The largest absolute Gasteiger partial charge is 0.481 e. The van der Waals surface area contributed by atoms with Gasteiger partial charge in [0.15, 0.2) is 0 Å². The Bertz CT molecular complexity index is 765. The molecule has 25 heavy (non-hydrogen) atoms. The number of carboxylic acids is 1. The van der Waals surface area contributed by atoms with Crippen molar-refractivity contribution in [2.75, 3.05) is 0 Å². The van der Waals surface area contributed by atoms with Crippen molar-refractivity contribution in [3.8, 4) is 0 Å². The third-order valence-electron chi connectivity index (χ3n) is 5.29. The molecule has 0 spiro atoms. The highest BCUT2D eigenvalue weighted by Crippen LogP contribution is 2.25. The molecule has 0 radical (unpaired) electrons. The zero-order valence-corrected chi connectivity index (χ0v) is 14.7. The number of hydrogen-bond acceptors (Lipinski definition) is 2. The number of amides is 1. The molecule has 1 fully saturated rings. The van der Waals surface area contributed by atoms with Gasteiger partial charge < -0.3 is 15.4 Å². The van der Waals surface area contributed by atoms with Crippen LogP contribution in [0.5, 0.6) is 0 Å². The fourth-order valence-corrected chi connectivity index (χ4v) is 3.93. The minimum Gasteiger partial charge on any atom is -0.481 e. The summed E-state index contributed by atoms with van der Waals surface area (Å²) in [4.78, 5) is 27.5. The van der Waals surface area contributed by atoms with Crippen molar-refractivity contribution >= 4 is 22.8 Å². The number of carbonyl (C=O) groups excluding carboxylic acids is 1. The molecule has 1 aliphatic carbocycles. The second-order valence-corrected chi connectivity index (χ2v) is 7.06. The highest BCUT2D eigenvalue weighted by Gasteiger charge is 2.30. The van der Waals surface area contributed by atoms with Gasteiger partial charge in [-0.05, 0) is 31.4 Å². The van der Waals surface area contributed by atoms with Gasteiger partial charge >= 0.3 is 5.97 Å². The van der Waals surface area contributed by atoms with E-state index in [0.29, 0.717) is 6.42 Å². The normalized spacial score (nSPS) is 21.5. The standard InChI is InChI=1S/C20H26N2O3/c1-13-16(14-8-6-7-11-17(14)21-13)12-19(23)22-18-10-5-3-2-4-9-15(18)20(24)25/h6-8,11,15,18,21H,2-5,9-10,12H2,1H3,(H,22,23)(H,24,25). The molecule has 2 unspecified atom stereocenters. The number of carbonyl (C=O) groups is 2. The van der Waals surface area contributed by atoms with Gasteiger partial charge in [-0.15, -0.1) is 0 Å². The number of hydrogen-bond donors (Lipinski definition) is 3. The number of benzene rings is 1. The van der Waals surface area contributed by atoms with Crippen LogP contribution < -0.4 is 5.32 Å². The number of fused-ring (bicyclic) bond motifs is 1. The van der Waals surface area contributed by atoms with E-state index in [-0.39, 0.29) is 18.4 Å². The Morgan fingerprint density at radius 2 is 1.88 bits per heavy atom. The van der Waals surface area contributed by atoms with Crippen LogP contribution in [0, 0.1) is 12.8 Å². The summed E-state index contributed by atoms with van der Waals surface area (Å²) in [6.07, 6.45) is 5.76. The van der Waals surface area contributed by atoms with E-state index in [0.717, 1.165) is 54.3 Å². The second kappa shape index (κ2) is 7.72. The first kappa shape index (κ1) is 17.5. The number of para-hydroxylation sites is 1. The number of aryl methyl sites for hydroxylation is 1. The van der Waals surface area contributed by atoms with Gasteiger partial charge in [0.25, 0.3) is 0 Å². The average Bonchev–Trinajstić information content (AvgIpc) is 2.86. The lowest BCUT2D eigenvalue weighted by molar-refractivity contribution is -0.143. The summed E-state index contributed by atoms with van der Waals surface area (Å²) in [7, 11) is 0. The van der Waals surface area contributed by atoms with Crippen molar-refractivity contribution in [1.29, 1.82) is 0 Å². The molecule has 5 nitrogen and oxygen atoms in total. The molecule has 1 aromatic heterocycles. The Morgan fingerprint density at radius 1 is 1.16 bits per heavy atom. The molecule has 2 atom stereocenters. The quantitative estimate of drug-likeness (QED) is 0.794. The fraction of sp³-hybridized carbons (Fsp3) is 0.500. The number of aromatic amines is 1.